The molecule has 0 atom stereocenters. The molecule has 0 aliphatic carbocycles. The van der Waals surface area contributed by atoms with Crippen molar-refractivity contribution in [1.82, 2.24) is 4.90 Å². The predicted molar refractivity (Wildman–Crippen MR) is 95.3 cm³/mol. The van der Waals surface area contributed by atoms with Gasteiger partial charge in [0.1, 0.15) is 0 Å². The van der Waals surface area contributed by atoms with Crippen molar-refractivity contribution in [1.29, 1.82) is 0 Å². The van der Waals surface area contributed by atoms with Crippen LogP contribution in [-0.4, -0.2) is 48.8 Å². The highest BCUT2D eigenvalue weighted by molar-refractivity contribution is 7.87. The van der Waals surface area contributed by atoms with Crippen molar-refractivity contribution in [2.75, 3.05) is 13.6 Å². The van der Waals surface area contributed by atoms with Crippen LogP contribution in [0.1, 0.15) is 51.9 Å². The summed E-state index contributed by atoms with van der Waals surface area (Å²) in [5, 5.41) is -6.61. The zero-order valence-electron chi connectivity index (χ0n) is 16.2. The summed E-state index contributed by atoms with van der Waals surface area (Å²) in [5.41, 5.74) is 1.59. The second-order valence-electron chi connectivity index (χ2n) is 6.66. The summed E-state index contributed by atoms with van der Waals surface area (Å²) < 4.78 is 108. The maximum Gasteiger partial charge on any atom is 0.461 e. The Morgan fingerprint density at radius 3 is 1.93 bits per heavy atom. The third-order valence-electron chi connectivity index (χ3n) is 4.02. The molecule has 4 nitrogen and oxygen atoms in total. The van der Waals surface area contributed by atoms with Crippen molar-refractivity contribution in [3.63, 3.8) is 0 Å². The standard InChI is InChI=1S/C14H25N.C3HF7O3S/c1-3-4-5-6-7-8-10-14-11-9-12-15(2)13-14;4-1(5,2(6,7)8)3(9,10)14(11,12)13/h9,11-12H,3-8,10,13H2,1-2H3;(H,11,12,13). The molecule has 0 saturated carbocycles. The van der Waals surface area contributed by atoms with E-state index in [1.165, 1.54) is 44.9 Å². The summed E-state index contributed by atoms with van der Waals surface area (Å²) in [6, 6.07) is 0. The van der Waals surface area contributed by atoms with Crippen LogP contribution >= 0.6 is 0 Å². The predicted octanol–water partition coefficient (Wildman–Crippen LogP) is 5.79. The van der Waals surface area contributed by atoms with Crippen molar-refractivity contribution < 1.29 is 43.7 Å². The van der Waals surface area contributed by atoms with E-state index in [4.69, 9.17) is 4.55 Å². The van der Waals surface area contributed by atoms with Gasteiger partial charge in [0.05, 0.1) is 0 Å². The fourth-order valence-electron chi connectivity index (χ4n) is 2.37. The van der Waals surface area contributed by atoms with Crippen LogP contribution < -0.4 is 0 Å². The molecule has 12 heteroatoms. The topological polar surface area (TPSA) is 57.6 Å². The van der Waals surface area contributed by atoms with Gasteiger partial charge in [-0.2, -0.15) is 39.2 Å². The molecule has 29 heavy (non-hydrogen) atoms. The van der Waals surface area contributed by atoms with Crippen LogP contribution in [0, 0.1) is 0 Å². The van der Waals surface area contributed by atoms with E-state index in [0.29, 0.717) is 0 Å². The summed E-state index contributed by atoms with van der Waals surface area (Å²) in [4.78, 5) is 2.26. The normalized spacial score (nSPS) is 15.7. The fraction of sp³-hybridized carbons (Fsp3) is 0.765. The molecule has 0 aromatic carbocycles. The molecule has 1 rings (SSSR count). The van der Waals surface area contributed by atoms with Gasteiger partial charge in [-0.25, -0.2) is 0 Å². The minimum atomic E-state index is -6.85. The quantitative estimate of drug-likeness (QED) is 0.271. The lowest BCUT2D eigenvalue weighted by molar-refractivity contribution is -0.333. The first-order chi connectivity index (χ1) is 13.1. The molecule has 0 amide bonds. The maximum atomic E-state index is 11.9. The lowest BCUT2D eigenvalue weighted by Gasteiger charge is -2.25. The second kappa shape index (κ2) is 11.2. The molecule has 0 aromatic heterocycles. The van der Waals surface area contributed by atoms with Gasteiger partial charge in [0.15, 0.2) is 0 Å². The molecule has 1 aliphatic heterocycles. The van der Waals surface area contributed by atoms with Gasteiger partial charge in [0, 0.05) is 13.6 Å². The first-order valence-corrected chi connectivity index (χ1v) is 10.4. The Labute approximate surface area is 166 Å². The van der Waals surface area contributed by atoms with Gasteiger partial charge in [-0.1, -0.05) is 50.7 Å². The Hall–Kier alpha value is -1.30. The summed E-state index contributed by atoms with van der Waals surface area (Å²) >= 11 is 0. The van der Waals surface area contributed by atoms with Gasteiger partial charge in [-0.15, -0.1) is 0 Å². The van der Waals surface area contributed by atoms with Crippen molar-refractivity contribution >= 4 is 10.1 Å². The van der Waals surface area contributed by atoms with Gasteiger partial charge in [-0.05, 0) is 25.1 Å². The Balaban J connectivity index is 0.000000543. The van der Waals surface area contributed by atoms with Crippen LogP contribution in [0.15, 0.2) is 23.9 Å². The number of rotatable bonds is 9. The lowest BCUT2D eigenvalue weighted by Crippen LogP contribution is -2.55. The second-order valence-corrected chi connectivity index (χ2v) is 8.13. The zero-order valence-corrected chi connectivity index (χ0v) is 17.0. The summed E-state index contributed by atoms with van der Waals surface area (Å²) in [5.74, 6) is -6.85. The molecule has 172 valence electrons. The molecule has 0 saturated heterocycles. The SMILES string of the molecule is CCCCCCCCC1=CC=CN(C)C1.O=S(=O)(O)C(F)(F)C(F)(F)C(F)(F)F. The summed E-state index contributed by atoms with van der Waals surface area (Å²) in [6.07, 6.45) is 9.48. The molecular weight excluding hydrogens is 431 g/mol. The Bertz CT molecular complexity index is 658. The van der Waals surface area contributed by atoms with Crippen LogP contribution in [0.25, 0.3) is 0 Å². The molecule has 0 unspecified atom stereocenters. The number of nitrogens with zero attached hydrogens (tertiary/aromatic N) is 1. The molecule has 1 N–H and O–H groups in total. The van der Waals surface area contributed by atoms with E-state index in [9.17, 15) is 39.2 Å². The number of unbranched alkanes of at least 4 members (excludes halogenated alkanes) is 5. The Morgan fingerprint density at radius 2 is 1.52 bits per heavy atom. The average Bonchev–Trinajstić information content (AvgIpc) is 2.56. The average molecular weight is 457 g/mol. The third kappa shape index (κ3) is 8.53. The van der Waals surface area contributed by atoms with E-state index in [2.05, 4.69) is 37.2 Å². The minimum absolute atomic E-state index is 1.13. The molecule has 1 aliphatic rings. The lowest BCUT2D eigenvalue weighted by atomic mass is 10.0. The van der Waals surface area contributed by atoms with E-state index in [1.54, 1.807) is 5.57 Å². The van der Waals surface area contributed by atoms with E-state index in [0.717, 1.165) is 6.54 Å². The maximum absolute atomic E-state index is 11.9. The number of hydrogen-bond donors (Lipinski definition) is 1. The third-order valence-corrected chi connectivity index (χ3v) is 4.93. The van der Waals surface area contributed by atoms with E-state index >= 15 is 0 Å². The highest BCUT2D eigenvalue weighted by atomic mass is 32.2. The molecular formula is C17H26F7NO3S. The van der Waals surface area contributed by atoms with Gasteiger partial charge >= 0.3 is 27.5 Å². The molecule has 0 bridgehead atoms. The molecule has 1 heterocycles. The summed E-state index contributed by atoms with van der Waals surface area (Å²) in [7, 11) is -4.70. The zero-order chi connectivity index (χ0) is 22.9. The first-order valence-electron chi connectivity index (χ1n) is 8.93. The van der Waals surface area contributed by atoms with Crippen molar-refractivity contribution in [2.45, 2.75) is 69.2 Å². The van der Waals surface area contributed by atoms with E-state index in [-0.39, 0.29) is 0 Å². The fourth-order valence-corrected chi connectivity index (χ4v) is 2.81. The molecule has 0 aromatic rings. The Morgan fingerprint density at radius 1 is 1.00 bits per heavy atom. The van der Waals surface area contributed by atoms with Crippen LogP contribution in [0.2, 0.25) is 0 Å². The van der Waals surface area contributed by atoms with Crippen LogP contribution in [0.5, 0.6) is 0 Å². The number of allylic oxidation sites excluding steroid dienone is 2. The highest BCUT2D eigenvalue weighted by Gasteiger charge is 2.78. The van der Waals surface area contributed by atoms with Crippen molar-refractivity contribution in [2.24, 2.45) is 0 Å². The Kier molecular flexibility index (Phi) is 10.7. The first kappa shape index (κ1) is 27.7. The number of halogens is 7. The number of likely N-dealkylation sites (N-methyl/N-ethyl adjacent to an activating group) is 1. The highest BCUT2D eigenvalue weighted by Crippen LogP contribution is 2.48. The molecule has 0 fully saturated rings. The van der Waals surface area contributed by atoms with E-state index < -0.39 is 27.5 Å². The molecule has 0 spiro atoms. The van der Waals surface area contributed by atoms with E-state index in [1.807, 2.05) is 0 Å². The van der Waals surface area contributed by atoms with Crippen LogP contribution in [0.4, 0.5) is 30.7 Å². The minimum Gasteiger partial charge on any atom is -0.376 e. The van der Waals surface area contributed by atoms with Crippen molar-refractivity contribution in [3.05, 3.63) is 23.9 Å². The van der Waals surface area contributed by atoms with Crippen molar-refractivity contribution in [3.8, 4) is 0 Å². The monoisotopic (exact) mass is 457 g/mol. The van der Waals surface area contributed by atoms with Gasteiger partial charge in [0.2, 0.25) is 0 Å². The summed E-state index contributed by atoms with van der Waals surface area (Å²) in [6.45, 7) is 3.40. The van der Waals surface area contributed by atoms with Gasteiger partial charge < -0.3 is 4.90 Å². The van der Waals surface area contributed by atoms with Gasteiger partial charge in [-0.3, -0.25) is 4.55 Å². The molecule has 0 radical (unpaired) electrons. The number of alkyl halides is 7. The van der Waals surface area contributed by atoms with Crippen LogP contribution in [0.3, 0.4) is 0 Å². The smallest absolute Gasteiger partial charge is 0.376 e. The number of hydrogen-bond acceptors (Lipinski definition) is 3. The largest absolute Gasteiger partial charge is 0.461 e. The van der Waals surface area contributed by atoms with Gasteiger partial charge in [0.25, 0.3) is 0 Å². The van der Waals surface area contributed by atoms with Crippen LogP contribution in [-0.2, 0) is 10.1 Å².